The van der Waals surface area contributed by atoms with E-state index in [-0.39, 0.29) is 5.60 Å². The smallest absolute Gasteiger partial charge is 0.0888 e. The van der Waals surface area contributed by atoms with Crippen LogP contribution >= 0.6 is 0 Å². The van der Waals surface area contributed by atoms with Gasteiger partial charge in [0.1, 0.15) is 0 Å². The lowest BCUT2D eigenvalue weighted by Gasteiger charge is -2.41. The predicted octanol–water partition coefficient (Wildman–Crippen LogP) is 4.93. The monoisotopic (exact) mass is 301 g/mol. The Kier molecular flexibility index (Phi) is 4.11. The molecular formula is C20H31NO. The maximum atomic E-state index is 6.38. The molecular weight excluding hydrogens is 270 g/mol. The molecule has 1 saturated heterocycles. The topological polar surface area (TPSA) is 12.5 Å². The van der Waals surface area contributed by atoms with Crippen LogP contribution in [-0.2, 0) is 4.84 Å². The molecule has 1 saturated carbocycles. The molecule has 2 fully saturated rings. The van der Waals surface area contributed by atoms with Crippen LogP contribution in [0.2, 0.25) is 0 Å². The number of fused-ring (bicyclic) bond motifs is 1. The van der Waals surface area contributed by atoms with Gasteiger partial charge in [-0.05, 0) is 70.4 Å². The Morgan fingerprint density at radius 1 is 1.18 bits per heavy atom. The summed E-state index contributed by atoms with van der Waals surface area (Å²) in [6.45, 7) is 13.7. The lowest BCUT2D eigenvalue weighted by Crippen LogP contribution is -2.45. The van der Waals surface area contributed by atoms with Crippen LogP contribution in [-0.4, -0.2) is 22.7 Å². The van der Waals surface area contributed by atoms with Gasteiger partial charge in [-0.15, -0.1) is 0 Å². The second kappa shape index (κ2) is 5.65. The first-order valence-corrected chi connectivity index (χ1v) is 8.84. The summed E-state index contributed by atoms with van der Waals surface area (Å²) in [5.41, 5.74) is 2.94. The van der Waals surface area contributed by atoms with E-state index in [0.29, 0.717) is 29.8 Å². The molecule has 0 amide bonds. The molecule has 1 aromatic carbocycles. The molecule has 1 aliphatic heterocycles. The molecule has 4 atom stereocenters. The second-order valence-corrected chi connectivity index (χ2v) is 8.25. The van der Waals surface area contributed by atoms with Crippen LogP contribution in [0.3, 0.4) is 0 Å². The normalized spacial score (nSPS) is 34.9. The molecule has 0 spiro atoms. The van der Waals surface area contributed by atoms with Gasteiger partial charge >= 0.3 is 0 Å². The van der Waals surface area contributed by atoms with E-state index in [9.17, 15) is 0 Å². The van der Waals surface area contributed by atoms with E-state index in [1.165, 1.54) is 18.4 Å². The molecule has 2 aliphatic rings. The van der Waals surface area contributed by atoms with Gasteiger partial charge in [0.05, 0.1) is 5.60 Å². The van der Waals surface area contributed by atoms with E-state index in [1.54, 1.807) is 5.56 Å². The highest BCUT2D eigenvalue weighted by Gasteiger charge is 2.54. The van der Waals surface area contributed by atoms with Crippen LogP contribution in [0.4, 0.5) is 0 Å². The highest BCUT2D eigenvalue weighted by molar-refractivity contribution is 5.30. The average Bonchev–Trinajstić information content (AvgIpc) is 2.72. The SMILES string of the molecule is Cc1ccccc1C1CC(C)C2C(C1)C(C)(C)ON2C(C)C. The van der Waals surface area contributed by atoms with Gasteiger partial charge in [-0.1, -0.05) is 31.2 Å². The number of hydrogen-bond acceptors (Lipinski definition) is 2. The first-order chi connectivity index (χ1) is 10.3. The molecule has 22 heavy (non-hydrogen) atoms. The van der Waals surface area contributed by atoms with Crippen molar-refractivity contribution < 1.29 is 4.84 Å². The first-order valence-electron chi connectivity index (χ1n) is 8.84. The third-order valence-corrected chi connectivity index (χ3v) is 5.85. The molecule has 1 aliphatic carbocycles. The van der Waals surface area contributed by atoms with Crippen molar-refractivity contribution in [1.29, 1.82) is 0 Å². The van der Waals surface area contributed by atoms with Crippen molar-refractivity contribution in [3.05, 3.63) is 35.4 Å². The fourth-order valence-corrected chi connectivity index (χ4v) is 4.80. The Morgan fingerprint density at radius 3 is 2.50 bits per heavy atom. The van der Waals surface area contributed by atoms with Crippen molar-refractivity contribution in [2.75, 3.05) is 0 Å². The minimum Gasteiger partial charge on any atom is -0.292 e. The summed E-state index contributed by atoms with van der Waals surface area (Å²) in [4.78, 5) is 6.38. The van der Waals surface area contributed by atoms with Crippen LogP contribution in [0.1, 0.15) is 64.5 Å². The van der Waals surface area contributed by atoms with Crippen LogP contribution in [0, 0.1) is 18.8 Å². The third kappa shape index (κ3) is 2.61. The number of hydrogen-bond donors (Lipinski definition) is 0. The lowest BCUT2D eigenvalue weighted by atomic mass is 9.65. The summed E-state index contributed by atoms with van der Waals surface area (Å²) in [5, 5.41) is 2.30. The van der Waals surface area contributed by atoms with Gasteiger partial charge in [-0.2, -0.15) is 5.06 Å². The minimum atomic E-state index is -0.0510. The maximum Gasteiger partial charge on any atom is 0.0888 e. The number of benzene rings is 1. The summed E-state index contributed by atoms with van der Waals surface area (Å²) in [7, 11) is 0. The molecule has 1 heterocycles. The van der Waals surface area contributed by atoms with E-state index in [0.717, 1.165) is 0 Å². The number of hydroxylamine groups is 2. The van der Waals surface area contributed by atoms with E-state index < -0.39 is 0 Å². The molecule has 0 bridgehead atoms. The van der Waals surface area contributed by atoms with E-state index in [1.807, 2.05) is 0 Å². The number of rotatable bonds is 2. The highest BCUT2D eigenvalue weighted by atomic mass is 16.7. The molecule has 2 heteroatoms. The quantitative estimate of drug-likeness (QED) is 0.768. The number of aryl methyl sites for hydroxylation is 1. The fraction of sp³-hybridized carbons (Fsp3) is 0.700. The molecule has 1 aromatic rings. The predicted molar refractivity (Wildman–Crippen MR) is 91.7 cm³/mol. The summed E-state index contributed by atoms with van der Waals surface area (Å²) in [6.07, 6.45) is 2.52. The van der Waals surface area contributed by atoms with E-state index in [4.69, 9.17) is 4.84 Å². The van der Waals surface area contributed by atoms with Gasteiger partial charge in [-0.3, -0.25) is 4.84 Å². The largest absolute Gasteiger partial charge is 0.292 e. The third-order valence-electron chi connectivity index (χ3n) is 5.85. The van der Waals surface area contributed by atoms with Gasteiger partial charge in [0.2, 0.25) is 0 Å². The van der Waals surface area contributed by atoms with E-state index >= 15 is 0 Å². The van der Waals surface area contributed by atoms with Crippen molar-refractivity contribution in [1.82, 2.24) is 5.06 Å². The molecule has 122 valence electrons. The van der Waals surface area contributed by atoms with Crippen molar-refractivity contribution in [3.8, 4) is 0 Å². The molecule has 0 N–H and O–H groups in total. The highest BCUT2D eigenvalue weighted by Crippen LogP contribution is 2.51. The molecule has 0 aromatic heterocycles. The maximum absolute atomic E-state index is 6.38. The minimum absolute atomic E-state index is 0.0510. The van der Waals surface area contributed by atoms with Crippen molar-refractivity contribution in [2.24, 2.45) is 11.8 Å². The summed E-state index contributed by atoms with van der Waals surface area (Å²) >= 11 is 0. The van der Waals surface area contributed by atoms with Crippen LogP contribution < -0.4 is 0 Å². The molecule has 3 rings (SSSR count). The molecule has 2 nitrogen and oxygen atoms in total. The van der Waals surface area contributed by atoms with Crippen molar-refractivity contribution in [2.45, 2.75) is 78.0 Å². The van der Waals surface area contributed by atoms with Crippen molar-refractivity contribution in [3.63, 3.8) is 0 Å². The standard InChI is InChI=1S/C20H31NO/c1-13(2)21-19-15(4)11-16(12-18(19)20(5,6)22-21)17-10-8-7-9-14(17)3/h7-10,13,15-16,18-19H,11-12H2,1-6H3. The number of nitrogens with zero attached hydrogens (tertiary/aromatic N) is 1. The van der Waals surface area contributed by atoms with E-state index in [2.05, 4.69) is 70.9 Å². The molecule has 0 radical (unpaired) electrons. The Bertz CT molecular complexity index is 536. The summed E-state index contributed by atoms with van der Waals surface area (Å²) in [6, 6.07) is 9.94. The lowest BCUT2D eigenvalue weighted by molar-refractivity contribution is -0.215. The Morgan fingerprint density at radius 2 is 1.86 bits per heavy atom. The van der Waals surface area contributed by atoms with Gasteiger partial charge in [0.25, 0.3) is 0 Å². The zero-order chi connectivity index (χ0) is 16.1. The van der Waals surface area contributed by atoms with Crippen molar-refractivity contribution >= 4 is 0 Å². The Labute approximate surface area is 135 Å². The van der Waals surface area contributed by atoms with Gasteiger partial charge in [0, 0.05) is 18.0 Å². The summed E-state index contributed by atoms with van der Waals surface area (Å²) < 4.78 is 0. The van der Waals surface area contributed by atoms with Gasteiger partial charge in [0.15, 0.2) is 0 Å². The fourth-order valence-electron chi connectivity index (χ4n) is 4.80. The first kappa shape index (κ1) is 16.0. The van der Waals surface area contributed by atoms with Crippen LogP contribution in [0.15, 0.2) is 24.3 Å². The zero-order valence-electron chi connectivity index (χ0n) is 15.0. The average molecular weight is 301 g/mol. The van der Waals surface area contributed by atoms with Crippen LogP contribution in [0.25, 0.3) is 0 Å². The zero-order valence-corrected chi connectivity index (χ0v) is 15.0. The second-order valence-electron chi connectivity index (χ2n) is 8.25. The van der Waals surface area contributed by atoms with Crippen LogP contribution in [0.5, 0.6) is 0 Å². The molecule has 4 unspecified atom stereocenters. The van der Waals surface area contributed by atoms with Gasteiger partial charge < -0.3 is 0 Å². The Hall–Kier alpha value is -0.860. The summed E-state index contributed by atoms with van der Waals surface area (Å²) in [5.74, 6) is 1.96. The Balaban J connectivity index is 1.90. The van der Waals surface area contributed by atoms with Gasteiger partial charge in [-0.25, -0.2) is 0 Å².